The standard InChI is InChI=1S/C24H32F2N4O2/c1-24(2,3)20(16-10-17(25)13-28-12-16)11-22(31)29-14-18(30(4)5)8-15-6-7-19(23(27)32)21(26)9-15/h6-7,9-10,12-13,18,20H,8,11,14H2,1-5H3,(H2,27,32)(H,29,31)/t18-,20-/m0/s1. The minimum Gasteiger partial charge on any atom is -0.366 e. The highest BCUT2D eigenvalue weighted by molar-refractivity contribution is 5.93. The quantitative estimate of drug-likeness (QED) is 0.619. The van der Waals surface area contributed by atoms with Gasteiger partial charge in [-0.15, -0.1) is 0 Å². The number of halogens is 2. The highest BCUT2D eigenvalue weighted by Gasteiger charge is 2.29. The summed E-state index contributed by atoms with van der Waals surface area (Å²) in [5, 5.41) is 2.95. The molecule has 0 bridgehead atoms. The molecule has 3 N–H and O–H groups in total. The van der Waals surface area contributed by atoms with Crippen LogP contribution in [0, 0.1) is 17.0 Å². The lowest BCUT2D eigenvalue weighted by Crippen LogP contribution is -2.42. The highest BCUT2D eigenvalue weighted by Crippen LogP contribution is 2.37. The van der Waals surface area contributed by atoms with Crippen LogP contribution in [0.5, 0.6) is 0 Å². The number of hydrogen-bond acceptors (Lipinski definition) is 4. The van der Waals surface area contributed by atoms with Crippen LogP contribution in [0.2, 0.25) is 0 Å². The minimum absolute atomic E-state index is 0.0956. The third-order valence-electron chi connectivity index (χ3n) is 5.60. The fraction of sp³-hybridized carbons (Fsp3) is 0.458. The van der Waals surface area contributed by atoms with Gasteiger partial charge in [0.1, 0.15) is 11.6 Å². The van der Waals surface area contributed by atoms with Crippen LogP contribution in [-0.4, -0.2) is 48.4 Å². The Labute approximate surface area is 188 Å². The van der Waals surface area contributed by atoms with Gasteiger partial charge in [0.2, 0.25) is 5.91 Å². The first kappa shape index (κ1) is 25.4. The van der Waals surface area contributed by atoms with Crippen molar-refractivity contribution in [3.05, 3.63) is 65.0 Å². The van der Waals surface area contributed by atoms with Crippen molar-refractivity contribution in [1.29, 1.82) is 0 Å². The largest absolute Gasteiger partial charge is 0.366 e. The number of benzene rings is 1. The molecule has 2 amide bonds. The Morgan fingerprint density at radius 2 is 1.84 bits per heavy atom. The molecular formula is C24H32F2N4O2. The lowest BCUT2D eigenvalue weighted by Gasteiger charge is -2.31. The van der Waals surface area contributed by atoms with Crippen molar-refractivity contribution in [3.8, 4) is 0 Å². The topological polar surface area (TPSA) is 88.3 Å². The Bertz CT molecular complexity index is 957. The smallest absolute Gasteiger partial charge is 0.251 e. The SMILES string of the molecule is CN(C)[C@H](CNC(=O)C[C@@H](c1cncc(F)c1)C(C)(C)C)Cc1ccc(C(N)=O)c(F)c1. The summed E-state index contributed by atoms with van der Waals surface area (Å²) >= 11 is 0. The third-order valence-corrected chi connectivity index (χ3v) is 5.60. The normalized spacial score (nSPS) is 13.6. The maximum absolute atomic E-state index is 14.1. The van der Waals surface area contributed by atoms with Gasteiger partial charge in [0.15, 0.2) is 0 Å². The Morgan fingerprint density at radius 3 is 2.38 bits per heavy atom. The van der Waals surface area contributed by atoms with Crippen LogP contribution in [-0.2, 0) is 11.2 Å². The number of hydrogen-bond donors (Lipinski definition) is 2. The van der Waals surface area contributed by atoms with Gasteiger partial charge in [-0.25, -0.2) is 8.78 Å². The molecule has 32 heavy (non-hydrogen) atoms. The van der Waals surface area contributed by atoms with E-state index >= 15 is 0 Å². The number of nitrogens with zero attached hydrogens (tertiary/aromatic N) is 2. The molecule has 0 radical (unpaired) electrons. The fourth-order valence-corrected chi connectivity index (χ4v) is 3.63. The first-order chi connectivity index (χ1) is 14.9. The maximum Gasteiger partial charge on any atom is 0.251 e. The molecule has 6 nitrogen and oxygen atoms in total. The zero-order valence-corrected chi connectivity index (χ0v) is 19.3. The molecule has 0 saturated carbocycles. The van der Waals surface area contributed by atoms with Crippen LogP contribution in [0.15, 0.2) is 36.7 Å². The molecule has 0 aliphatic heterocycles. The number of nitrogens with one attached hydrogen (secondary N) is 1. The van der Waals surface area contributed by atoms with Gasteiger partial charge in [0, 0.05) is 25.2 Å². The van der Waals surface area contributed by atoms with E-state index in [0.29, 0.717) is 24.1 Å². The summed E-state index contributed by atoms with van der Waals surface area (Å²) < 4.78 is 27.8. The third kappa shape index (κ3) is 7.09. The molecule has 8 heteroatoms. The highest BCUT2D eigenvalue weighted by atomic mass is 19.1. The molecule has 1 aromatic carbocycles. The molecule has 2 rings (SSSR count). The molecule has 1 heterocycles. The van der Waals surface area contributed by atoms with E-state index in [9.17, 15) is 18.4 Å². The van der Waals surface area contributed by atoms with Crippen molar-refractivity contribution in [2.75, 3.05) is 20.6 Å². The zero-order valence-electron chi connectivity index (χ0n) is 19.3. The van der Waals surface area contributed by atoms with Gasteiger partial charge < -0.3 is 16.0 Å². The van der Waals surface area contributed by atoms with E-state index < -0.39 is 17.5 Å². The van der Waals surface area contributed by atoms with E-state index in [1.54, 1.807) is 12.3 Å². The lowest BCUT2D eigenvalue weighted by molar-refractivity contribution is -0.122. The Kier molecular flexibility index (Phi) is 8.44. The first-order valence-corrected chi connectivity index (χ1v) is 10.5. The predicted octanol–water partition coefficient (Wildman–Crippen LogP) is 3.27. The van der Waals surface area contributed by atoms with Crippen molar-refractivity contribution in [2.45, 2.75) is 45.6 Å². The summed E-state index contributed by atoms with van der Waals surface area (Å²) in [6.45, 7) is 6.36. The van der Waals surface area contributed by atoms with Crippen molar-refractivity contribution >= 4 is 11.8 Å². The zero-order chi connectivity index (χ0) is 24.1. The van der Waals surface area contributed by atoms with Crippen molar-refractivity contribution < 1.29 is 18.4 Å². The summed E-state index contributed by atoms with van der Waals surface area (Å²) in [4.78, 5) is 29.8. The number of likely N-dealkylation sites (N-methyl/N-ethyl adjacent to an activating group) is 1. The van der Waals surface area contributed by atoms with Crippen molar-refractivity contribution in [3.63, 3.8) is 0 Å². The molecule has 1 aromatic heterocycles. The van der Waals surface area contributed by atoms with Gasteiger partial charge in [0.25, 0.3) is 5.91 Å². The van der Waals surface area contributed by atoms with E-state index in [-0.39, 0.29) is 35.3 Å². The number of pyridine rings is 1. The van der Waals surface area contributed by atoms with E-state index in [2.05, 4.69) is 10.3 Å². The number of carbonyl (C=O) groups excluding carboxylic acids is 2. The number of rotatable bonds is 9. The van der Waals surface area contributed by atoms with Gasteiger partial charge in [-0.3, -0.25) is 14.6 Å². The molecule has 0 saturated heterocycles. The molecule has 0 fully saturated rings. The number of primary amides is 1. The summed E-state index contributed by atoms with van der Waals surface area (Å²) in [5.74, 6) is -2.27. The van der Waals surface area contributed by atoms with Crippen LogP contribution < -0.4 is 11.1 Å². The van der Waals surface area contributed by atoms with Crippen LogP contribution in [0.25, 0.3) is 0 Å². The fourth-order valence-electron chi connectivity index (χ4n) is 3.63. The second kappa shape index (κ2) is 10.6. The number of carbonyl (C=O) groups is 2. The second-order valence-corrected chi connectivity index (χ2v) is 9.36. The van der Waals surface area contributed by atoms with Gasteiger partial charge in [0.05, 0.1) is 11.8 Å². The van der Waals surface area contributed by atoms with Gasteiger partial charge >= 0.3 is 0 Å². The molecular weight excluding hydrogens is 414 g/mol. The monoisotopic (exact) mass is 446 g/mol. The van der Waals surface area contributed by atoms with Gasteiger partial charge in [-0.1, -0.05) is 26.8 Å². The molecule has 0 aliphatic carbocycles. The van der Waals surface area contributed by atoms with Crippen molar-refractivity contribution in [2.24, 2.45) is 11.1 Å². The molecule has 0 unspecified atom stereocenters. The van der Waals surface area contributed by atoms with Gasteiger partial charge in [-0.05, 0) is 61.2 Å². The minimum atomic E-state index is -0.813. The summed E-state index contributed by atoms with van der Waals surface area (Å²) in [5.41, 5.74) is 6.11. The van der Waals surface area contributed by atoms with E-state index in [0.717, 1.165) is 6.20 Å². The molecule has 2 aromatic rings. The number of nitrogens with two attached hydrogens (primary N) is 1. The molecule has 2 atom stereocenters. The molecule has 0 aliphatic rings. The molecule has 174 valence electrons. The summed E-state index contributed by atoms with van der Waals surface area (Å²) in [6, 6.07) is 5.66. The Morgan fingerprint density at radius 1 is 1.16 bits per heavy atom. The first-order valence-electron chi connectivity index (χ1n) is 10.5. The van der Waals surface area contributed by atoms with Crippen LogP contribution in [0.3, 0.4) is 0 Å². The summed E-state index contributed by atoms with van der Waals surface area (Å²) in [7, 11) is 3.75. The average Bonchev–Trinajstić information content (AvgIpc) is 2.68. The molecule has 0 spiro atoms. The van der Waals surface area contributed by atoms with E-state index in [1.165, 1.54) is 18.2 Å². The van der Waals surface area contributed by atoms with Crippen LogP contribution in [0.1, 0.15) is 54.6 Å². The number of aromatic nitrogens is 1. The maximum atomic E-state index is 14.1. The number of amides is 2. The lowest BCUT2D eigenvalue weighted by atomic mass is 9.75. The van der Waals surface area contributed by atoms with Gasteiger partial charge in [-0.2, -0.15) is 0 Å². The van der Waals surface area contributed by atoms with E-state index in [1.807, 2.05) is 39.8 Å². The van der Waals surface area contributed by atoms with Crippen LogP contribution >= 0.6 is 0 Å². The Hall–Kier alpha value is -2.87. The predicted molar refractivity (Wildman–Crippen MR) is 120 cm³/mol. The van der Waals surface area contributed by atoms with E-state index in [4.69, 9.17) is 5.73 Å². The second-order valence-electron chi connectivity index (χ2n) is 9.36. The Balaban J connectivity index is 2.06. The summed E-state index contributed by atoms with van der Waals surface area (Å²) in [6.07, 6.45) is 3.40. The average molecular weight is 447 g/mol. The van der Waals surface area contributed by atoms with Crippen LogP contribution in [0.4, 0.5) is 8.78 Å². The van der Waals surface area contributed by atoms with Crippen molar-refractivity contribution in [1.82, 2.24) is 15.2 Å².